The van der Waals surface area contributed by atoms with Gasteiger partial charge in [-0.05, 0) is 12.1 Å². The number of piperidine rings is 1. The van der Waals surface area contributed by atoms with Crippen LogP contribution in [0.25, 0.3) is 11.3 Å². The number of carbonyl (C=O) groups is 1. The minimum Gasteiger partial charge on any atom is -0.347 e. The maximum Gasteiger partial charge on any atom is 0.257 e. The first kappa shape index (κ1) is 15.8. The van der Waals surface area contributed by atoms with Crippen molar-refractivity contribution in [2.24, 2.45) is 0 Å². The molecule has 4 rings (SSSR count). The number of aromatic amines is 1. The van der Waals surface area contributed by atoms with Gasteiger partial charge in [0.05, 0.1) is 30.7 Å². The van der Waals surface area contributed by atoms with Gasteiger partial charge in [-0.25, -0.2) is 0 Å². The van der Waals surface area contributed by atoms with Crippen LogP contribution in [0.3, 0.4) is 0 Å². The first-order valence-corrected chi connectivity index (χ1v) is 8.83. The van der Waals surface area contributed by atoms with Crippen molar-refractivity contribution in [2.75, 3.05) is 26.3 Å². The number of H-pyrrole nitrogens is 1. The Bertz CT molecular complexity index is 745. The van der Waals surface area contributed by atoms with Gasteiger partial charge >= 0.3 is 0 Å². The van der Waals surface area contributed by atoms with E-state index in [1.807, 2.05) is 29.2 Å². The number of aromatic nitrogens is 2. The topological polar surface area (TPSA) is 67.5 Å². The average Bonchev–Trinajstić information content (AvgIpc) is 3.25. The van der Waals surface area contributed by atoms with Gasteiger partial charge in [0.2, 0.25) is 0 Å². The van der Waals surface area contributed by atoms with Gasteiger partial charge in [0.1, 0.15) is 0 Å². The van der Waals surface area contributed by atoms with Gasteiger partial charge in [-0.15, -0.1) is 0 Å². The predicted molar refractivity (Wildman–Crippen MR) is 91.5 cm³/mol. The Morgan fingerprint density at radius 1 is 1.25 bits per heavy atom. The Labute approximate surface area is 148 Å². The number of nitrogens with one attached hydrogen (secondary N) is 1. The summed E-state index contributed by atoms with van der Waals surface area (Å²) < 4.78 is 12.4. The van der Waals surface area contributed by atoms with Gasteiger partial charge in [-0.2, -0.15) is 5.10 Å². The van der Waals surface area contributed by atoms with E-state index in [4.69, 9.17) is 9.47 Å². The largest absolute Gasteiger partial charge is 0.347 e. The lowest BCUT2D eigenvalue weighted by molar-refractivity contribution is -0.181. The molecule has 0 aliphatic carbocycles. The zero-order chi connectivity index (χ0) is 16.6. The van der Waals surface area contributed by atoms with E-state index in [9.17, 15) is 4.79 Å². The second kappa shape index (κ2) is 6.31. The highest BCUT2D eigenvalue weighted by molar-refractivity contribution is 9.10. The molecule has 0 radical (unpaired) electrons. The number of likely N-dealkylation sites (tertiary alicyclic amines) is 1. The summed E-state index contributed by atoms with van der Waals surface area (Å²) in [5, 5.41) is 7.03. The fraction of sp³-hybridized carbons (Fsp3) is 0.412. The maximum atomic E-state index is 12.9. The number of amides is 1. The highest BCUT2D eigenvalue weighted by atomic mass is 79.9. The summed E-state index contributed by atoms with van der Waals surface area (Å²) in [7, 11) is 0. The summed E-state index contributed by atoms with van der Waals surface area (Å²) >= 11 is 3.46. The fourth-order valence-corrected chi connectivity index (χ4v) is 3.72. The third-order valence-electron chi connectivity index (χ3n) is 4.61. The lowest BCUT2D eigenvalue weighted by atomic mass is 10.0. The monoisotopic (exact) mass is 391 g/mol. The van der Waals surface area contributed by atoms with Crippen LogP contribution >= 0.6 is 15.9 Å². The van der Waals surface area contributed by atoms with Gasteiger partial charge in [-0.1, -0.05) is 28.1 Å². The van der Waals surface area contributed by atoms with E-state index in [1.54, 1.807) is 6.20 Å². The fourth-order valence-electron chi connectivity index (χ4n) is 3.32. The van der Waals surface area contributed by atoms with Crippen LogP contribution in [0.1, 0.15) is 23.2 Å². The van der Waals surface area contributed by atoms with Crippen molar-refractivity contribution in [1.29, 1.82) is 0 Å². The molecule has 2 aliphatic heterocycles. The Hall–Kier alpha value is -1.70. The van der Waals surface area contributed by atoms with Crippen molar-refractivity contribution in [3.05, 3.63) is 40.5 Å². The molecule has 2 aliphatic rings. The second-order valence-corrected chi connectivity index (χ2v) is 6.98. The van der Waals surface area contributed by atoms with Crippen LogP contribution in [0.2, 0.25) is 0 Å². The number of carbonyl (C=O) groups excluding carboxylic acids is 1. The SMILES string of the molecule is O=C(c1cn[nH]c1-c1cccc(Br)c1)N1CCC2(CC1)OCCO2. The summed E-state index contributed by atoms with van der Waals surface area (Å²) in [6, 6.07) is 7.82. The van der Waals surface area contributed by atoms with Crippen LogP contribution in [0.5, 0.6) is 0 Å². The number of hydrogen-bond acceptors (Lipinski definition) is 4. The molecule has 1 spiro atoms. The van der Waals surface area contributed by atoms with Crippen molar-refractivity contribution >= 4 is 21.8 Å². The highest BCUT2D eigenvalue weighted by Gasteiger charge is 2.41. The average molecular weight is 392 g/mol. The molecular weight excluding hydrogens is 374 g/mol. The molecule has 1 aromatic carbocycles. The van der Waals surface area contributed by atoms with Crippen LogP contribution in [0, 0.1) is 0 Å². The quantitative estimate of drug-likeness (QED) is 0.854. The summed E-state index contributed by atoms with van der Waals surface area (Å²) in [6.07, 6.45) is 3.02. The predicted octanol–water partition coefficient (Wildman–Crippen LogP) is 2.82. The van der Waals surface area contributed by atoms with Crippen LogP contribution < -0.4 is 0 Å². The lowest BCUT2D eigenvalue weighted by Gasteiger charge is -2.37. The Balaban J connectivity index is 1.53. The van der Waals surface area contributed by atoms with E-state index in [-0.39, 0.29) is 5.91 Å². The molecule has 1 aromatic heterocycles. The zero-order valence-electron chi connectivity index (χ0n) is 13.1. The Morgan fingerprint density at radius 3 is 2.71 bits per heavy atom. The summed E-state index contributed by atoms with van der Waals surface area (Å²) in [5.41, 5.74) is 2.27. The first-order chi connectivity index (χ1) is 11.7. The minimum atomic E-state index is -0.472. The number of rotatable bonds is 2. The smallest absolute Gasteiger partial charge is 0.257 e. The second-order valence-electron chi connectivity index (χ2n) is 6.07. The molecule has 1 N–H and O–H groups in total. The summed E-state index contributed by atoms with van der Waals surface area (Å²) in [6.45, 7) is 2.54. The molecule has 2 aromatic rings. The maximum absolute atomic E-state index is 12.9. The van der Waals surface area contributed by atoms with Gasteiger partial charge in [0.25, 0.3) is 5.91 Å². The van der Waals surface area contributed by atoms with Crippen LogP contribution in [-0.2, 0) is 9.47 Å². The molecule has 0 unspecified atom stereocenters. The first-order valence-electron chi connectivity index (χ1n) is 8.03. The number of halogens is 1. The van der Waals surface area contributed by atoms with E-state index in [0.717, 1.165) is 15.7 Å². The third-order valence-corrected chi connectivity index (χ3v) is 5.10. The molecule has 2 fully saturated rings. The summed E-state index contributed by atoms with van der Waals surface area (Å²) in [5.74, 6) is -0.480. The van der Waals surface area contributed by atoms with Crippen molar-refractivity contribution in [2.45, 2.75) is 18.6 Å². The molecule has 0 atom stereocenters. The molecule has 126 valence electrons. The van der Waals surface area contributed by atoms with Crippen molar-refractivity contribution in [1.82, 2.24) is 15.1 Å². The van der Waals surface area contributed by atoms with Crippen molar-refractivity contribution in [3.8, 4) is 11.3 Å². The highest BCUT2D eigenvalue weighted by Crippen LogP contribution is 2.32. The normalized spacial score (nSPS) is 19.8. The molecule has 0 saturated carbocycles. The number of benzene rings is 1. The van der Waals surface area contributed by atoms with E-state index in [2.05, 4.69) is 26.1 Å². The number of ether oxygens (including phenoxy) is 2. The van der Waals surface area contributed by atoms with E-state index < -0.39 is 5.79 Å². The van der Waals surface area contributed by atoms with E-state index in [0.29, 0.717) is 44.7 Å². The lowest BCUT2D eigenvalue weighted by Crippen LogP contribution is -2.47. The molecule has 6 nitrogen and oxygen atoms in total. The van der Waals surface area contributed by atoms with Crippen LogP contribution in [0.15, 0.2) is 34.9 Å². The molecule has 24 heavy (non-hydrogen) atoms. The van der Waals surface area contributed by atoms with E-state index in [1.165, 1.54) is 0 Å². The van der Waals surface area contributed by atoms with Crippen molar-refractivity contribution in [3.63, 3.8) is 0 Å². The number of nitrogens with zero attached hydrogens (tertiary/aromatic N) is 2. The van der Waals surface area contributed by atoms with Gasteiger partial charge in [-0.3, -0.25) is 9.89 Å². The zero-order valence-corrected chi connectivity index (χ0v) is 14.7. The molecule has 0 bridgehead atoms. The van der Waals surface area contributed by atoms with Gasteiger partial charge in [0.15, 0.2) is 5.79 Å². The van der Waals surface area contributed by atoms with Gasteiger partial charge < -0.3 is 14.4 Å². The van der Waals surface area contributed by atoms with Gasteiger partial charge in [0, 0.05) is 36.0 Å². The molecule has 3 heterocycles. The standard InChI is InChI=1S/C17H18BrN3O3/c18-13-3-1-2-12(10-13)15-14(11-19-20-15)16(22)21-6-4-17(5-7-21)23-8-9-24-17/h1-3,10-11H,4-9H2,(H,19,20). The third kappa shape index (κ3) is 2.87. The van der Waals surface area contributed by atoms with Crippen molar-refractivity contribution < 1.29 is 14.3 Å². The molecule has 7 heteroatoms. The summed E-state index contributed by atoms with van der Waals surface area (Å²) in [4.78, 5) is 14.8. The van der Waals surface area contributed by atoms with Crippen LogP contribution in [0.4, 0.5) is 0 Å². The molecule has 1 amide bonds. The Kier molecular flexibility index (Phi) is 4.15. The Morgan fingerprint density at radius 2 is 2.00 bits per heavy atom. The number of hydrogen-bond donors (Lipinski definition) is 1. The molecule has 2 saturated heterocycles. The van der Waals surface area contributed by atoms with E-state index >= 15 is 0 Å². The molecular formula is C17H18BrN3O3. The minimum absolute atomic E-state index is 0.00780. The van der Waals surface area contributed by atoms with Crippen LogP contribution in [-0.4, -0.2) is 53.1 Å².